The van der Waals surface area contributed by atoms with E-state index in [9.17, 15) is 14.4 Å². The van der Waals surface area contributed by atoms with Crippen LogP contribution < -0.4 is 20.3 Å². The summed E-state index contributed by atoms with van der Waals surface area (Å²) in [5, 5.41) is 3.80. The predicted molar refractivity (Wildman–Crippen MR) is 123 cm³/mol. The van der Waals surface area contributed by atoms with E-state index < -0.39 is 0 Å². The van der Waals surface area contributed by atoms with Crippen LogP contribution in [0.2, 0.25) is 0 Å². The van der Waals surface area contributed by atoms with Crippen molar-refractivity contribution in [2.45, 2.75) is 32.5 Å². The lowest BCUT2D eigenvalue weighted by Crippen LogP contribution is -2.26. The van der Waals surface area contributed by atoms with Gasteiger partial charge in [-0.05, 0) is 31.0 Å². The number of hydrogen-bond acceptors (Lipinski definition) is 7. The largest absolute Gasteiger partial charge is 0.454 e. The Balaban J connectivity index is 1.57. The first-order valence-electron chi connectivity index (χ1n) is 10.2. The summed E-state index contributed by atoms with van der Waals surface area (Å²) in [4.78, 5) is 42.4. The molecule has 9 heteroatoms. The second kappa shape index (κ2) is 9.04. The molecule has 1 N–H and O–H groups in total. The fourth-order valence-corrected chi connectivity index (χ4v) is 4.25. The molecule has 1 aromatic heterocycles. The Hall–Kier alpha value is -3.33. The zero-order chi connectivity index (χ0) is 22.8. The van der Waals surface area contributed by atoms with Crippen molar-refractivity contribution in [3.63, 3.8) is 0 Å². The fourth-order valence-electron chi connectivity index (χ4n) is 3.44. The molecule has 0 bridgehead atoms. The number of fused-ring (bicyclic) bond motifs is 2. The number of anilines is 1. The number of amides is 1. The van der Waals surface area contributed by atoms with Crippen LogP contribution >= 0.6 is 11.8 Å². The lowest BCUT2D eigenvalue weighted by atomic mass is 10.1. The third-order valence-corrected chi connectivity index (χ3v) is 5.85. The average Bonchev–Trinajstić information content (AvgIpc) is 3.21. The van der Waals surface area contributed by atoms with Crippen LogP contribution in [0.5, 0.6) is 11.5 Å². The van der Waals surface area contributed by atoms with Gasteiger partial charge in [0.2, 0.25) is 12.7 Å². The van der Waals surface area contributed by atoms with Crippen molar-refractivity contribution in [3.05, 3.63) is 52.3 Å². The van der Waals surface area contributed by atoms with Gasteiger partial charge < -0.3 is 14.8 Å². The molecule has 2 heterocycles. The molecule has 0 saturated carbocycles. The lowest BCUT2D eigenvalue weighted by Gasteiger charge is -2.15. The Morgan fingerprint density at radius 2 is 1.91 bits per heavy atom. The van der Waals surface area contributed by atoms with Crippen LogP contribution in [-0.4, -0.2) is 33.8 Å². The number of hydrogen-bond donors (Lipinski definition) is 1. The number of carbonyl (C=O) groups is 2. The summed E-state index contributed by atoms with van der Waals surface area (Å²) in [5.41, 5.74) is 1.17. The number of Topliss-reactive ketones (excluding diaryl/α,β-unsaturated/α-hetero) is 1. The monoisotopic (exact) mass is 453 g/mol. The van der Waals surface area contributed by atoms with Gasteiger partial charge in [-0.25, -0.2) is 4.98 Å². The molecule has 32 heavy (non-hydrogen) atoms. The summed E-state index contributed by atoms with van der Waals surface area (Å²) in [6.45, 7) is 6.03. The highest BCUT2D eigenvalue weighted by Crippen LogP contribution is 2.37. The summed E-state index contributed by atoms with van der Waals surface area (Å²) in [5.74, 6) is 0.675. The van der Waals surface area contributed by atoms with Gasteiger partial charge in [-0.1, -0.05) is 37.7 Å². The summed E-state index contributed by atoms with van der Waals surface area (Å²) < 4.78 is 12.3. The number of aromatic nitrogens is 2. The van der Waals surface area contributed by atoms with Crippen LogP contribution in [0.3, 0.4) is 0 Å². The van der Waals surface area contributed by atoms with Gasteiger partial charge in [0, 0.05) is 18.2 Å². The molecule has 2 aromatic carbocycles. The van der Waals surface area contributed by atoms with Gasteiger partial charge in [0.05, 0.1) is 22.3 Å². The second-order valence-electron chi connectivity index (χ2n) is 7.87. The van der Waals surface area contributed by atoms with E-state index in [2.05, 4.69) is 10.3 Å². The normalized spacial score (nSPS) is 12.4. The summed E-state index contributed by atoms with van der Waals surface area (Å²) in [6.07, 6.45) is 0. The van der Waals surface area contributed by atoms with Crippen LogP contribution in [0.15, 0.2) is 46.3 Å². The molecule has 0 saturated heterocycles. The van der Waals surface area contributed by atoms with Gasteiger partial charge >= 0.3 is 0 Å². The quantitative estimate of drug-likeness (QED) is 0.331. The van der Waals surface area contributed by atoms with Crippen molar-refractivity contribution in [1.82, 2.24) is 9.55 Å². The van der Waals surface area contributed by atoms with Crippen molar-refractivity contribution >= 4 is 40.0 Å². The maximum absolute atomic E-state index is 13.0. The molecular formula is C23H23N3O5S. The van der Waals surface area contributed by atoms with E-state index in [1.807, 2.05) is 26.0 Å². The standard InChI is InChI=1S/C23H23N3O5S/c1-13(2)10-26-22(29)15-6-4-5-7-17(15)25-23(26)32-11-21(28)24-18-9-20-19(30-12-31-20)8-16(18)14(3)27/h4-9,13H,10-12H2,1-3H3,(H,24,28). The molecule has 1 aliphatic rings. The Morgan fingerprint density at radius 3 is 2.62 bits per heavy atom. The number of carbonyl (C=O) groups excluding carboxylic acids is 2. The van der Waals surface area contributed by atoms with Gasteiger partial charge in [-0.15, -0.1) is 0 Å². The van der Waals surface area contributed by atoms with Crippen molar-refractivity contribution in [2.24, 2.45) is 5.92 Å². The number of para-hydroxylation sites is 1. The number of thioether (sulfide) groups is 1. The molecule has 0 radical (unpaired) electrons. The van der Waals surface area contributed by atoms with E-state index in [4.69, 9.17) is 9.47 Å². The van der Waals surface area contributed by atoms with Crippen LogP contribution in [0, 0.1) is 5.92 Å². The van der Waals surface area contributed by atoms with Gasteiger partial charge in [-0.2, -0.15) is 0 Å². The molecule has 0 fully saturated rings. The van der Waals surface area contributed by atoms with E-state index in [-0.39, 0.29) is 35.7 Å². The molecule has 1 amide bonds. The third kappa shape index (κ3) is 4.47. The van der Waals surface area contributed by atoms with Crippen LogP contribution in [0.1, 0.15) is 31.1 Å². The van der Waals surface area contributed by atoms with Crippen molar-refractivity contribution in [1.29, 1.82) is 0 Å². The van der Waals surface area contributed by atoms with E-state index >= 15 is 0 Å². The first kappa shape index (κ1) is 21.9. The Labute approximate surface area is 188 Å². The second-order valence-corrected chi connectivity index (χ2v) is 8.81. The number of ether oxygens (including phenoxy) is 2. The summed E-state index contributed by atoms with van der Waals surface area (Å²) in [7, 11) is 0. The molecule has 0 atom stereocenters. The highest BCUT2D eigenvalue weighted by atomic mass is 32.2. The molecule has 0 aliphatic carbocycles. The smallest absolute Gasteiger partial charge is 0.262 e. The predicted octanol–water partition coefficient (Wildman–Crippen LogP) is 3.71. The topological polar surface area (TPSA) is 99.5 Å². The minimum absolute atomic E-state index is 0.0225. The van der Waals surface area contributed by atoms with E-state index in [1.165, 1.54) is 18.7 Å². The van der Waals surface area contributed by atoms with E-state index in [0.717, 1.165) is 0 Å². The average molecular weight is 454 g/mol. The summed E-state index contributed by atoms with van der Waals surface area (Å²) in [6, 6.07) is 10.3. The van der Waals surface area contributed by atoms with E-state index in [1.54, 1.807) is 28.8 Å². The zero-order valence-electron chi connectivity index (χ0n) is 18.0. The van der Waals surface area contributed by atoms with Gasteiger partial charge in [-0.3, -0.25) is 19.0 Å². The van der Waals surface area contributed by atoms with Crippen LogP contribution in [0.25, 0.3) is 10.9 Å². The molecule has 166 valence electrons. The third-order valence-electron chi connectivity index (χ3n) is 4.87. The highest BCUT2D eigenvalue weighted by Gasteiger charge is 2.21. The Morgan fingerprint density at radius 1 is 1.19 bits per heavy atom. The van der Waals surface area contributed by atoms with Crippen molar-refractivity contribution < 1.29 is 19.1 Å². The summed E-state index contributed by atoms with van der Waals surface area (Å²) >= 11 is 1.18. The maximum atomic E-state index is 13.0. The van der Waals surface area contributed by atoms with Gasteiger partial charge in [0.25, 0.3) is 5.56 Å². The fraction of sp³-hybridized carbons (Fsp3) is 0.304. The first-order chi connectivity index (χ1) is 15.3. The first-order valence-corrected chi connectivity index (χ1v) is 11.2. The van der Waals surface area contributed by atoms with Crippen LogP contribution in [-0.2, 0) is 11.3 Å². The molecule has 1 aliphatic heterocycles. The Bertz CT molecular complexity index is 1270. The zero-order valence-corrected chi connectivity index (χ0v) is 18.8. The molecule has 4 rings (SSSR count). The number of rotatable bonds is 7. The molecule has 8 nitrogen and oxygen atoms in total. The SMILES string of the molecule is CC(=O)c1cc2c(cc1NC(=O)CSc1nc3ccccc3c(=O)n1CC(C)C)OCO2. The van der Waals surface area contributed by atoms with Gasteiger partial charge in [0.1, 0.15) is 0 Å². The number of ketones is 1. The minimum Gasteiger partial charge on any atom is -0.454 e. The van der Waals surface area contributed by atoms with E-state index in [0.29, 0.717) is 45.4 Å². The minimum atomic E-state index is -0.324. The Kier molecular flexibility index (Phi) is 6.18. The lowest BCUT2D eigenvalue weighted by molar-refractivity contribution is -0.113. The molecular weight excluding hydrogens is 430 g/mol. The number of nitrogens with zero attached hydrogens (tertiary/aromatic N) is 2. The highest BCUT2D eigenvalue weighted by molar-refractivity contribution is 7.99. The van der Waals surface area contributed by atoms with Crippen molar-refractivity contribution in [2.75, 3.05) is 17.9 Å². The number of benzene rings is 2. The van der Waals surface area contributed by atoms with Gasteiger partial charge in [0.15, 0.2) is 22.4 Å². The van der Waals surface area contributed by atoms with Crippen molar-refractivity contribution in [3.8, 4) is 11.5 Å². The maximum Gasteiger partial charge on any atom is 0.262 e. The molecule has 3 aromatic rings. The number of nitrogens with one attached hydrogen (secondary N) is 1. The molecule has 0 unspecified atom stereocenters. The molecule has 0 spiro atoms. The van der Waals surface area contributed by atoms with Crippen LogP contribution in [0.4, 0.5) is 5.69 Å².